The van der Waals surface area contributed by atoms with E-state index in [-0.39, 0.29) is 11.6 Å². The molecule has 2 aromatic rings. The predicted octanol–water partition coefficient (Wildman–Crippen LogP) is 1.59. The van der Waals surface area contributed by atoms with Crippen LogP contribution in [-0.2, 0) is 18.4 Å². The molecule has 1 atom stereocenters. The molecule has 3 rings (SSSR count). The van der Waals surface area contributed by atoms with Gasteiger partial charge in [-0.1, -0.05) is 6.07 Å². The van der Waals surface area contributed by atoms with Crippen molar-refractivity contribution in [1.82, 2.24) is 15.1 Å². The molecule has 0 aliphatic carbocycles. The summed E-state index contributed by atoms with van der Waals surface area (Å²) in [5.41, 5.74) is 0.684. The Morgan fingerprint density at radius 2 is 2.09 bits per heavy atom. The first kappa shape index (κ1) is 14.6. The average Bonchev–Trinajstić information content (AvgIpc) is 3.04. The number of para-hydroxylation sites is 1. The van der Waals surface area contributed by atoms with E-state index >= 15 is 0 Å². The highest BCUT2D eigenvalue weighted by Crippen LogP contribution is 2.27. The SMILES string of the molecule is Cn1cc(CNC2CCN(c3c(F)cccc3F)C2=O)cn1. The third-order valence-electron chi connectivity index (χ3n) is 3.72. The van der Waals surface area contributed by atoms with Crippen molar-refractivity contribution in [2.24, 2.45) is 7.05 Å². The summed E-state index contributed by atoms with van der Waals surface area (Å²) >= 11 is 0. The number of benzene rings is 1. The van der Waals surface area contributed by atoms with Crippen LogP contribution in [-0.4, -0.2) is 28.3 Å². The topological polar surface area (TPSA) is 50.2 Å². The number of amides is 1. The molecule has 0 saturated carbocycles. The molecule has 0 radical (unpaired) electrons. The van der Waals surface area contributed by atoms with Crippen molar-refractivity contribution < 1.29 is 13.6 Å². The summed E-state index contributed by atoms with van der Waals surface area (Å²) in [4.78, 5) is 13.5. The number of aromatic nitrogens is 2. The van der Waals surface area contributed by atoms with E-state index in [1.165, 1.54) is 11.0 Å². The highest BCUT2D eigenvalue weighted by atomic mass is 19.1. The first-order chi connectivity index (χ1) is 10.6. The van der Waals surface area contributed by atoms with Gasteiger partial charge in [0.1, 0.15) is 17.3 Å². The second-order valence-electron chi connectivity index (χ2n) is 5.30. The molecule has 5 nitrogen and oxygen atoms in total. The van der Waals surface area contributed by atoms with Crippen molar-refractivity contribution in [3.8, 4) is 0 Å². The van der Waals surface area contributed by atoms with Gasteiger partial charge in [-0.15, -0.1) is 0 Å². The number of halogens is 2. The monoisotopic (exact) mass is 306 g/mol. The molecule has 1 saturated heterocycles. The molecule has 1 aromatic heterocycles. The van der Waals surface area contributed by atoms with Gasteiger partial charge >= 0.3 is 0 Å². The summed E-state index contributed by atoms with van der Waals surface area (Å²) in [5.74, 6) is -1.75. The maximum Gasteiger partial charge on any atom is 0.244 e. The van der Waals surface area contributed by atoms with Crippen molar-refractivity contribution in [1.29, 1.82) is 0 Å². The Morgan fingerprint density at radius 1 is 1.36 bits per heavy atom. The number of hydrogen-bond donors (Lipinski definition) is 1. The first-order valence-electron chi connectivity index (χ1n) is 7.02. The van der Waals surface area contributed by atoms with Crippen LogP contribution >= 0.6 is 0 Å². The Bertz CT molecular complexity index is 680. The number of carbonyl (C=O) groups is 1. The standard InChI is InChI=1S/C15H16F2N4O/c1-20-9-10(8-19-20)7-18-13-5-6-21(15(13)22)14-11(16)3-2-4-12(14)17/h2-4,8-9,13,18H,5-7H2,1H3. The first-order valence-corrected chi connectivity index (χ1v) is 7.02. The Morgan fingerprint density at radius 3 is 2.73 bits per heavy atom. The molecule has 116 valence electrons. The van der Waals surface area contributed by atoms with Crippen molar-refractivity contribution in [3.05, 3.63) is 47.8 Å². The maximum atomic E-state index is 13.8. The Hall–Kier alpha value is -2.28. The minimum Gasteiger partial charge on any atom is -0.306 e. The highest BCUT2D eigenvalue weighted by molar-refractivity contribution is 5.99. The molecular weight excluding hydrogens is 290 g/mol. The fraction of sp³-hybridized carbons (Fsp3) is 0.333. The molecule has 0 spiro atoms. The normalized spacial score (nSPS) is 18.2. The van der Waals surface area contributed by atoms with Gasteiger partial charge < -0.3 is 10.2 Å². The van der Waals surface area contributed by atoms with Gasteiger partial charge in [0.2, 0.25) is 5.91 Å². The zero-order valence-electron chi connectivity index (χ0n) is 12.1. The van der Waals surface area contributed by atoms with E-state index in [2.05, 4.69) is 10.4 Å². The van der Waals surface area contributed by atoms with E-state index in [0.717, 1.165) is 17.7 Å². The van der Waals surface area contributed by atoms with Crippen LogP contribution in [0, 0.1) is 11.6 Å². The molecule has 1 aliphatic heterocycles. The van der Waals surface area contributed by atoms with Gasteiger partial charge in [-0.25, -0.2) is 8.78 Å². The van der Waals surface area contributed by atoms with Gasteiger partial charge in [-0.3, -0.25) is 9.48 Å². The van der Waals surface area contributed by atoms with E-state index in [9.17, 15) is 13.6 Å². The van der Waals surface area contributed by atoms with Gasteiger partial charge in [-0.2, -0.15) is 5.10 Å². The molecule has 1 unspecified atom stereocenters. The van der Waals surface area contributed by atoms with E-state index in [1.54, 1.807) is 10.9 Å². The highest BCUT2D eigenvalue weighted by Gasteiger charge is 2.34. The number of nitrogens with one attached hydrogen (secondary N) is 1. The van der Waals surface area contributed by atoms with Gasteiger partial charge in [0, 0.05) is 31.9 Å². The van der Waals surface area contributed by atoms with Crippen LogP contribution in [0.1, 0.15) is 12.0 Å². The van der Waals surface area contributed by atoms with E-state index in [1.807, 2.05) is 13.2 Å². The largest absolute Gasteiger partial charge is 0.306 e. The molecule has 1 aliphatic rings. The summed E-state index contributed by atoms with van der Waals surface area (Å²) in [6, 6.07) is 3.15. The summed E-state index contributed by atoms with van der Waals surface area (Å²) < 4.78 is 29.3. The molecule has 0 bridgehead atoms. The summed E-state index contributed by atoms with van der Waals surface area (Å²) in [7, 11) is 1.81. The molecule has 2 heterocycles. The van der Waals surface area contributed by atoms with Gasteiger partial charge in [-0.05, 0) is 18.6 Å². The molecule has 1 amide bonds. The molecule has 22 heavy (non-hydrogen) atoms. The van der Waals surface area contributed by atoms with Crippen molar-refractivity contribution in [2.75, 3.05) is 11.4 Å². The van der Waals surface area contributed by atoms with Crippen LogP contribution < -0.4 is 10.2 Å². The zero-order valence-corrected chi connectivity index (χ0v) is 12.1. The Kier molecular flexibility index (Phi) is 3.89. The molecule has 7 heteroatoms. The maximum absolute atomic E-state index is 13.8. The van der Waals surface area contributed by atoms with Crippen molar-refractivity contribution in [2.45, 2.75) is 19.0 Å². The molecular formula is C15H16F2N4O. The quantitative estimate of drug-likeness (QED) is 0.933. The number of nitrogens with zero attached hydrogens (tertiary/aromatic N) is 3. The van der Waals surface area contributed by atoms with Crippen LogP contribution in [0.2, 0.25) is 0 Å². The Labute approximate surface area is 126 Å². The fourth-order valence-electron chi connectivity index (χ4n) is 2.64. The van der Waals surface area contributed by atoms with E-state index in [4.69, 9.17) is 0 Å². The number of carbonyl (C=O) groups excluding carboxylic acids is 1. The lowest BCUT2D eigenvalue weighted by molar-refractivity contribution is -0.118. The molecule has 1 aromatic carbocycles. The summed E-state index contributed by atoms with van der Waals surface area (Å²) in [6.07, 6.45) is 4.06. The van der Waals surface area contributed by atoms with Crippen LogP contribution in [0.3, 0.4) is 0 Å². The number of aryl methyl sites for hydroxylation is 1. The average molecular weight is 306 g/mol. The van der Waals surface area contributed by atoms with Crippen LogP contribution in [0.4, 0.5) is 14.5 Å². The zero-order chi connectivity index (χ0) is 15.7. The third kappa shape index (κ3) is 2.71. The van der Waals surface area contributed by atoms with Crippen LogP contribution in [0.15, 0.2) is 30.6 Å². The van der Waals surface area contributed by atoms with E-state index in [0.29, 0.717) is 19.5 Å². The number of hydrogen-bond acceptors (Lipinski definition) is 3. The van der Waals surface area contributed by atoms with E-state index < -0.39 is 17.7 Å². The fourth-order valence-corrected chi connectivity index (χ4v) is 2.64. The number of anilines is 1. The van der Waals surface area contributed by atoms with Gasteiger partial charge in [0.05, 0.1) is 12.2 Å². The lowest BCUT2D eigenvalue weighted by Gasteiger charge is -2.18. The lowest BCUT2D eigenvalue weighted by atomic mass is 10.2. The second-order valence-corrected chi connectivity index (χ2v) is 5.30. The van der Waals surface area contributed by atoms with Gasteiger partial charge in [0.25, 0.3) is 0 Å². The van der Waals surface area contributed by atoms with Crippen molar-refractivity contribution in [3.63, 3.8) is 0 Å². The minimum absolute atomic E-state index is 0.266. The molecule has 1 fully saturated rings. The van der Waals surface area contributed by atoms with Crippen LogP contribution in [0.25, 0.3) is 0 Å². The molecule has 1 N–H and O–H groups in total. The van der Waals surface area contributed by atoms with Crippen LogP contribution in [0.5, 0.6) is 0 Å². The van der Waals surface area contributed by atoms with Crippen molar-refractivity contribution >= 4 is 11.6 Å². The third-order valence-corrected chi connectivity index (χ3v) is 3.72. The Balaban J connectivity index is 1.69. The van der Waals surface area contributed by atoms with Gasteiger partial charge in [0.15, 0.2) is 0 Å². The number of rotatable bonds is 4. The second kappa shape index (κ2) is 5.84. The summed E-state index contributed by atoms with van der Waals surface area (Å²) in [6.45, 7) is 0.777. The predicted molar refractivity (Wildman–Crippen MR) is 77.2 cm³/mol. The lowest BCUT2D eigenvalue weighted by Crippen LogP contribution is -2.38. The smallest absolute Gasteiger partial charge is 0.244 e. The minimum atomic E-state index is -0.721. The summed E-state index contributed by atoms with van der Waals surface area (Å²) in [5, 5.41) is 7.16.